The molecule has 0 saturated carbocycles. The van der Waals surface area contributed by atoms with Crippen LogP contribution in [-0.2, 0) is 16.6 Å². The minimum absolute atomic E-state index is 0.188. The lowest BCUT2D eigenvalue weighted by Gasteiger charge is -2.14. The van der Waals surface area contributed by atoms with Gasteiger partial charge in [-0.15, -0.1) is 0 Å². The highest BCUT2D eigenvalue weighted by Gasteiger charge is 2.21. The molecule has 0 aliphatic rings. The van der Waals surface area contributed by atoms with Gasteiger partial charge < -0.3 is 10.3 Å². The number of carbonyl (C=O) groups excluding carboxylic acids is 2. The summed E-state index contributed by atoms with van der Waals surface area (Å²) in [5.74, 6) is -0.325. The molecule has 1 heterocycles. The molecule has 6 nitrogen and oxygen atoms in total. The Balaban J connectivity index is 3.18. The molecule has 0 saturated heterocycles. The molecule has 0 radical (unpaired) electrons. The van der Waals surface area contributed by atoms with Crippen LogP contribution in [0, 0.1) is 0 Å². The van der Waals surface area contributed by atoms with Crippen LogP contribution in [0.4, 0.5) is 11.6 Å². The minimum atomic E-state index is -0.400. The van der Waals surface area contributed by atoms with Crippen LogP contribution in [-0.4, -0.2) is 21.4 Å². The summed E-state index contributed by atoms with van der Waals surface area (Å²) in [6.07, 6.45) is 1.45. The molecule has 0 atom stereocenters. The Kier molecular flexibility index (Phi) is 2.55. The summed E-state index contributed by atoms with van der Waals surface area (Å²) in [5, 5.41) is 0. The average molecular weight is 196 g/mol. The monoisotopic (exact) mass is 196 g/mol. The zero-order valence-electron chi connectivity index (χ0n) is 8.31. The topological polar surface area (TPSA) is 81.2 Å². The fourth-order valence-corrected chi connectivity index (χ4v) is 1.12. The van der Waals surface area contributed by atoms with E-state index in [2.05, 4.69) is 4.98 Å². The number of hydrogen-bond donors (Lipinski definition) is 1. The maximum absolute atomic E-state index is 11.1. The zero-order chi connectivity index (χ0) is 10.9. The van der Waals surface area contributed by atoms with Gasteiger partial charge in [-0.25, -0.2) is 9.88 Å². The van der Waals surface area contributed by atoms with E-state index in [0.29, 0.717) is 0 Å². The van der Waals surface area contributed by atoms with Crippen molar-refractivity contribution in [3.63, 3.8) is 0 Å². The highest BCUT2D eigenvalue weighted by atomic mass is 16.2. The van der Waals surface area contributed by atoms with Gasteiger partial charge in [-0.05, 0) is 0 Å². The number of nitrogens with two attached hydrogens (primary N) is 1. The molecule has 14 heavy (non-hydrogen) atoms. The second kappa shape index (κ2) is 3.49. The second-order valence-corrected chi connectivity index (χ2v) is 2.94. The van der Waals surface area contributed by atoms with Crippen LogP contribution in [0.25, 0.3) is 0 Å². The Morgan fingerprint density at radius 2 is 1.93 bits per heavy atom. The summed E-state index contributed by atoms with van der Waals surface area (Å²) in [6.45, 7) is 2.57. The first kappa shape index (κ1) is 10.2. The Labute approximate surface area is 81.3 Å². The van der Waals surface area contributed by atoms with E-state index in [4.69, 9.17) is 5.73 Å². The lowest BCUT2D eigenvalue weighted by Crippen LogP contribution is -2.34. The summed E-state index contributed by atoms with van der Waals surface area (Å²) in [4.78, 5) is 27.1. The molecule has 1 aromatic heterocycles. The standard InChI is InChI=1S/C8H12N4O2/c1-5(13)12(6(2)14)8-7(9)11(3)4-10-8/h4H,9H2,1-3H3. The van der Waals surface area contributed by atoms with Crippen LogP contribution < -0.4 is 10.6 Å². The fraction of sp³-hybridized carbons (Fsp3) is 0.375. The molecule has 0 aliphatic carbocycles. The van der Waals surface area contributed by atoms with Crippen molar-refractivity contribution in [2.75, 3.05) is 10.6 Å². The minimum Gasteiger partial charge on any atom is -0.382 e. The molecule has 0 unspecified atom stereocenters. The summed E-state index contributed by atoms with van der Waals surface area (Å²) >= 11 is 0. The van der Waals surface area contributed by atoms with E-state index in [1.165, 1.54) is 24.7 Å². The van der Waals surface area contributed by atoms with Gasteiger partial charge in [0.1, 0.15) is 5.82 Å². The summed E-state index contributed by atoms with van der Waals surface area (Å²) < 4.78 is 1.54. The van der Waals surface area contributed by atoms with Gasteiger partial charge in [0.05, 0.1) is 6.33 Å². The molecule has 1 aromatic rings. The summed E-state index contributed by atoms with van der Waals surface area (Å²) in [7, 11) is 1.68. The number of rotatable bonds is 1. The molecule has 2 amide bonds. The van der Waals surface area contributed by atoms with Crippen LogP contribution in [0.3, 0.4) is 0 Å². The molecule has 1 rings (SSSR count). The average Bonchev–Trinajstić information content (AvgIpc) is 2.35. The number of imide groups is 1. The van der Waals surface area contributed by atoms with Crippen molar-refractivity contribution in [2.24, 2.45) is 7.05 Å². The highest BCUT2D eigenvalue weighted by Crippen LogP contribution is 2.20. The van der Waals surface area contributed by atoms with E-state index in [-0.39, 0.29) is 11.6 Å². The molecule has 0 spiro atoms. The number of carbonyl (C=O) groups is 2. The van der Waals surface area contributed by atoms with Crippen molar-refractivity contribution < 1.29 is 9.59 Å². The number of nitrogen functional groups attached to an aromatic ring is 1. The second-order valence-electron chi connectivity index (χ2n) is 2.94. The van der Waals surface area contributed by atoms with Crippen LogP contribution in [0.2, 0.25) is 0 Å². The van der Waals surface area contributed by atoms with E-state index in [1.54, 1.807) is 7.05 Å². The van der Waals surface area contributed by atoms with Gasteiger partial charge in [-0.3, -0.25) is 9.59 Å². The van der Waals surface area contributed by atoms with E-state index in [0.717, 1.165) is 4.90 Å². The molecule has 0 bridgehead atoms. The van der Waals surface area contributed by atoms with Crippen molar-refractivity contribution in [1.82, 2.24) is 9.55 Å². The van der Waals surface area contributed by atoms with Crippen LogP contribution >= 0.6 is 0 Å². The number of aryl methyl sites for hydroxylation is 1. The third kappa shape index (κ3) is 1.59. The number of imidazole rings is 1. The predicted octanol–water partition coefficient (Wildman–Crippen LogP) is -0.0983. The van der Waals surface area contributed by atoms with Crippen LogP contribution in [0.15, 0.2) is 6.33 Å². The van der Waals surface area contributed by atoms with Crippen molar-refractivity contribution in [2.45, 2.75) is 13.8 Å². The summed E-state index contributed by atoms with van der Waals surface area (Å²) in [5.41, 5.74) is 5.63. The molecule has 6 heteroatoms. The Hall–Kier alpha value is -1.85. The summed E-state index contributed by atoms with van der Waals surface area (Å²) in [6, 6.07) is 0. The maximum atomic E-state index is 11.1. The number of aromatic nitrogens is 2. The van der Waals surface area contributed by atoms with E-state index in [1.807, 2.05) is 0 Å². The number of nitrogens with zero attached hydrogens (tertiary/aromatic N) is 3. The maximum Gasteiger partial charge on any atom is 0.231 e. The molecule has 0 aromatic carbocycles. The van der Waals surface area contributed by atoms with Crippen molar-refractivity contribution in [1.29, 1.82) is 0 Å². The fourth-order valence-electron chi connectivity index (χ4n) is 1.12. The van der Waals surface area contributed by atoms with Crippen molar-refractivity contribution in [3.8, 4) is 0 Å². The highest BCUT2D eigenvalue weighted by molar-refractivity contribution is 6.13. The largest absolute Gasteiger partial charge is 0.382 e. The SMILES string of the molecule is CC(=O)N(C(C)=O)c1ncn(C)c1N. The smallest absolute Gasteiger partial charge is 0.231 e. The first-order chi connectivity index (χ1) is 6.45. The first-order valence-corrected chi connectivity index (χ1v) is 4.03. The molecular weight excluding hydrogens is 184 g/mol. The van der Waals surface area contributed by atoms with E-state index in [9.17, 15) is 9.59 Å². The molecular formula is C8H12N4O2. The van der Waals surface area contributed by atoms with Gasteiger partial charge >= 0.3 is 0 Å². The predicted molar refractivity (Wildman–Crippen MR) is 51.5 cm³/mol. The van der Waals surface area contributed by atoms with Gasteiger partial charge in [0.15, 0.2) is 5.82 Å². The molecule has 76 valence electrons. The Morgan fingerprint density at radius 3 is 2.21 bits per heavy atom. The van der Waals surface area contributed by atoms with Gasteiger partial charge in [0, 0.05) is 20.9 Å². The van der Waals surface area contributed by atoms with Gasteiger partial charge in [0.2, 0.25) is 11.8 Å². The van der Waals surface area contributed by atoms with Gasteiger partial charge in [0.25, 0.3) is 0 Å². The Bertz CT molecular complexity index is 369. The Morgan fingerprint density at radius 1 is 1.43 bits per heavy atom. The first-order valence-electron chi connectivity index (χ1n) is 4.03. The third-order valence-corrected chi connectivity index (χ3v) is 1.80. The van der Waals surface area contributed by atoms with Crippen LogP contribution in [0.1, 0.15) is 13.8 Å². The molecule has 2 N–H and O–H groups in total. The number of amides is 2. The van der Waals surface area contributed by atoms with Gasteiger partial charge in [-0.1, -0.05) is 0 Å². The van der Waals surface area contributed by atoms with E-state index < -0.39 is 11.8 Å². The number of hydrogen-bond acceptors (Lipinski definition) is 4. The van der Waals surface area contributed by atoms with E-state index >= 15 is 0 Å². The van der Waals surface area contributed by atoms with Crippen molar-refractivity contribution in [3.05, 3.63) is 6.33 Å². The number of anilines is 2. The zero-order valence-corrected chi connectivity index (χ0v) is 8.31. The normalized spacial score (nSPS) is 9.93. The van der Waals surface area contributed by atoms with Crippen LogP contribution in [0.5, 0.6) is 0 Å². The molecule has 0 fully saturated rings. The lowest BCUT2D eigenvalue weighted by molar-refractivity contribution is -0.124. The third-order valence-electron chi connectivity index (χ3n) is 1.80. The quantitative estimate of drug-likeness (QED) is 0.680. The molecule has 0 aliphatic heterocycles. The van der Waals surface area contributed by atoms with Gasteiger partial charge in [-0.2, -0.15) is 0 Å². The van der Waals surface area contributed by atoms with Crippen molar-refractivity contribution >= 4 is 23.5 Å². The lowest BCUT2D eigenvalue weighted by atomic mass is 10.4.